The topological polar surface area (TPSA) is 44.8 Å². The lowest BCUT2D eigenvalue weighted by Gasteiger charge is -2.04. The van der Waals surface area contributed by atoms with Gasteiger partial charge >= 0.3 is 7.82 Å². The van der Waals surface area contributed by atoms with Gasteiger partial charge in [-0.25, -0.2) is 4.57 Å². The molecule has 2 bridgehead atoms. The predicted molar refractivity (Wildman–Crippen MR) is 28.4 cm³/mol. The lowest BCUT2D eigenvalue weighted by Crippen LogP contribution is -1.92. The number of hydrogen-bond donors (Lipinski definition) is 0. The molecule has 1 fully saturated rings. The van der Waals surface area contributed by atoms with Crippen LogP contribution in [-0.2, 0) is 18.1 Å². The normalized spacial score (nSPS) is 38.8. The molecule has 2 rings (SSSR count). The van der Waals surface area contributed by atoms with Crippen molar-refractivity contribution in [1.29, 1.82) is 0 Å². The van der Waals surface area contributed by atoms with Gasteiger partial charge in [-0.1, -0.05) is 0 Å². The summed E-state index contributed by atoms with van der Waals surface area (Å²) >= 11 is 0. The lowest BCUT2D eigenvalue weighted by atomic mass is 10.4. The van der Waals surface area contributed by atoms with Crippen molar-refractivity contribution in [3.63, 3.8) is 0 Å². The van der Waals surface area contributed by atoms with Gasteiger partial charge in [0.25, 0.3) is 0 Å². The van der Waals surface area contributed by atoms with Crippen LogP contribution in [0.4, 0.5) is 0 Å². The lowest BCUT2D eigenvalue weighted by molar-refractivity contribution is 0.245. The summed E-state index contributed by atoms with van der Waals surface area (Å²) in [7, 11) is -3.11. The van der Waals surface area contributed by atoms with E-state index in [2.05, 4.69) is 4.52 Å². The molecule has 1 atom stereocenters. The fourth-order valence-electron chi connectivity index (χ4n) is 0.755. The Kier molecular flexibility index (Phi) is 0.788. The molecule has 1 unspecified atom stereocenters. The summed E-state index contributed by atoms with van der Waals surface area (Å²) < 4.78 is 25.1. The summed E-state index contributed by atoms with van der Waals surface area (Å²) in [5, 5.41) is 0. The SMILES string of the molecule is CC1=C2COP(=O)(O1)O2. The van der Waals surface area contributed by atoms with Crippen LogP contribution in [0.5, 0.6) is 0 Å². The molecule has 50 valence electrons. The average molecular weight is 148 g/mol. The van der Waals surface area contributed by atoms with Gasteiger partial charge in [0.2, 0.25) is 0 Å². The van der Waals surface area contributed by atoms with Crippen molar-refractivity contribution in [2.75, 3.05) is 6.61 Å². The quantitative estimate of drug-likeness (QED) is 0.487. The van der Waals surface area contributed by atoms with Gasteiger partial charge in [-0.2, -0.15) is 0 Å². The zero-order valence-corrected chi connectivity index (χ0v) is 5.68. The second kappa shape index (κ2) is 1.33. The molecule has 2 aliphatic rings. The number of hydrogen-bond acceptors (Lipinski definition) is 4. The molecule has 0 aliphatic carbocycles. The molecule has 0 radical (unpaired) electrons. The monoisotopic (exact) mass is 148 g/mol. The second-order valence-electron chi connectivity index (χ2n) is 1.88. The molecule has 2 heterocycles. The van der Waals surface area contributed by atoms with Gasteiger partial charge in [-0.3, -0.25) is 4.52 Å². The highest BCUT2D eigenvalue weighted by Crippen LogP contribution is 2.63. The first-order valence-corrected chi connectivity index (χ1v) is 3.99. The summed E-state index contributed by atoms with van der Waals surface area (Å²) in [5.41, 5.74) is 0. The number of phosphoric ester groups is 1. The summed E-state index contributed by atoms with van der Waals surface area (Å²) in [6.07, 6.45) is 0. The van der Waals surface area contributed by atoms with Gasteiger partial charge in [0.15, 0.2) is 5.76 Å². The maximum Gasteiger partial charge on any atom is 0.587 e. The maximum atomic E-state index is 10.9. The largest absolute Gasteiger partial charge is 0.587 e. The molecule has 9 heavy (non-hydrogen) atoms. The number of phosphoric acid groups is 1. The Morgan fingerprint density at radius 1 is 1.56 bits per heavy atom. The van der Waals surface area contributed by atoms with E-state index in [-0.39, 0.29) is 0 Å². The first-order valence-electron chi connectivity index (χ1n) is 2.53. The average Bonchev–Trinajstić information content (AvgIpc) is 2.20. The molecular formula is C4H5O4P. The van der Waals surface area contributed by atoms with E-state index in [1.165, 1.54) is 0 Å². The molecule has 4 nitrogen and oxygen atoms in total. The molecule has 0 spiro atoms. The number of fused-ring (bicyclic) bond motifs is 2. The molecule has 2 aliphatic heterocycles. The predicted octanol–water partition coefficient (Wildman–Crippen LogP) is 1.40. The minimum atomic E-state index is -3.11. The van der Waals surface area contributed by atoms with E-state index < -0.39 is 7.82 Å². The summed E-state index contributed by atoms with van der Waals surface area (Å²) in [6.45, 7) is 2.00. The third-order valence-electron chi connectivity index (χ3n) is 1.22. The molecule has 0 saturated carbocycles. The van der Waals surface area contributed by atoms with Crippen LogP contribution in [0, 0.1) is 0 Å². The Morgan fingerprint density at radius 2 is 2.33 bits per heavy atom. The van der Waals surface area contributed by atoms with Gasteiger partial charge in [0.1, 0.15) is 12.4 Å². The van der Waals surface area contributed by atoms with Gasteiger partial charge in [0.05, 0.1) is 0 Å². The van der Waals surface area contributed by atoms with Crippen LogP contribution >= 0.6 is 7.82 Å². The van der Waals surface area contributed by atoms with Crippen LogP contribution < -0.4 is 0 Å². The van der Waals surface area contributed by atoms with E-state index in [1.807, 2.05) is 0 Å². The van der Waals surface area contributed by atoms with Crippen molar-refractivity contribution in [1.82, 2.24) is 0 Å². The molecular weight excluding hydrogens is 143 g/mol. The van der Waals surface area contributed by atoms with Gasteiger partial charge in [-0.05, 0) is 6.92 Å². The van der Waals surface area contributed by atoms with Crippen LogP contribution in [0.3, 0.4) is 0 Å². The zero-order chi connectivity index (χ0) is 6.48. The number of rotatable bonds is 0. The molecule has 0 aromatic rings. The van der Waals surface area contributed by atoms with E-state index in [9.17, 15) is 4.57 Å². The molecule has 0 amide bonds. The van der Waals surface area contributed by atoms with E-state index in [4.69, 9.17) is 9.05 Å². The zero-order valence-electron chi connectivity index (χ0n) is 4.79. The van der Waals surface area contributed by atoms with Crippen LogP contribution in [-0.4, -0.2) is 6.61 Å². The Bertz CT molecular complexity index is 225. The van der Waals surface area contributed by atoms with Crippen molar-refractivity contribution < 1.29 is 18.1 Å². The second-order valence-corrected chi connectivity index (χ2v) is 3.40. The van der Waals surface area contributed by atoms with E-state index in [0.29, 0.717) is 18.1 Å². The van der Waals surface area contributed by atoms with Crippen molar-refractivity contribution >= 4 is 7.82 Å². The first kappa shape index (κ1) is 5.33. The minimum absolute atomic E-state index is 0.295. The molecule has 0 aromatic carbocycles. The Balaban J connectivity index is 2.46. The van der Waals surface area contributed by atoms with Crippen molar-refractivity contribution in [3.8, 4) is 0 Å². The highest BCUT2D eigenvalue weighted by Gasteiger charge is 2.45. The van der Waals surface area contributed by atoms with Crippen molar-refractivity contribution in [2.24, 2.45) is 0 Å². The first-order chi connectivity index (χ1) is 4.20. The highest BCUT2D eigenvalue weighted by molar-refractivity contribution is 7.49. The summed E-state index contributed by atoms with van der Waals surface area (Å²) in [5.74, 6) is 1.16. The van der Waals surface area contributed by atoms with Crippen molar-refractivity contribution in [2.45, 2.75) is 6.92 Å². The van der Waals surface area contributed by atoms with Crippen LogP contribution in [0.15, 0.2) is 11.5 Å². The molecule has 0 aromatic heterocycles. The molecule has 1 saturated heterocycles. The van der Waals surface area contributed by atoms with Crippen LogP contribution in [0.25, 0.3) is 0 Å². The Labute approximate surface area is 52.0 Å². The minimum Gasteiger partial charge on any atom is -0.396 e. The third-order valence-corrected chi connectivity index (χ3v) is 2.60. The smallest absolute Gasteiger partial charge is 0.396 e. The molecule has 0 N–H and O–H groups in total. The maximum absolute atomic E-state index is 10.9. The van der Waals surface area contributed by atoms with Crippen LogP contribution in [0.1, 0.15) is 6.92 Å². The molecule has 5 heteroatoms. The fraction of sp³-hybridized carbons (Fsp3) is 0.500. The van der Waals surface area contributed by atoms with E-state index in [1.54, 1.807) is 6.92 Å². The Morgan fingerprint density at radius 3 is 2.56 bits per heavy atom. The van der Waals surface area contributed by atoms with E-state index in [0.717, 1.165) is 0 Å². The Hall–Kier alpha value is -0.470. The van der Waals surface area contributed by atoms with Gasteiger partial charge in [0, 0.05) is 0 Å². The van der Waals surface area contributed by atoms with Gasteiger partial charge in [-0.15, -0.1) is 0 Å². The standard InChI is InChI=1S/C4H5O4P/c1-3-4-2-6-9(5,7-3)8-4/h2H2,1H3. The van der Waals surface area contributed by atoms with Crippen molar-refractivity contribution in [3.05, 3.63) is 11.5 Å². The van der Waals surface area contributed by atoms with Crippen LogP contribution in [0.2, 0.25) is 0 Å². The highest BCUT2D eigenvalue weighted by atomic mass is 31.2. The van der Waals surface area contributed by atoms with E-state index >= 15 is 0 Å². The third kappa shape index (κ3) is 0.604. The fourth-order valence-corrected chi connectivity index (χ4v) is 2.06. The summed E-state index contributed by atoms with van der Waals surface area (Å²) in [6, 6.07) is 0. The number of allylic oxidation sites excluding steroid dienone is 1. The van der Waals surface area contributed by atoms with Gasteiger partial charge < -0.3 is 9.05 Å². The summed E-state index contributed by atoms with van der Waals surface area (Å²) in [4.78, 5) is 0.